The van der Waals surface area contributed by atoms with Gasteiger partial charge in [0.1, 0.15) is 0 Å². The number of carbonyl (C=O) groups excluding carboxylic acids is 1. The van der Waals surface area contributed by atoms with Gasteiger partial charge in [0.15, 0.2) is 0 Å². The molecule has 7 heteroatoms. The van der Waals surface area contributed by atoms with Crippen LogP contribution in [0.15, 0.2) is 30.5 Å². The van der Waals surface area contributed by atoms with E-state index in [0.717, 1.165) is 42.4 Å². The second kappa shape index (κ2) is 8.22. The molecule has 1 aromatic heterocycles. The summed E-state index contributed by atoms with van der Waals surface area (Å²) < 4.78 is 25.7. The largest absolute Gasteiger partial charge is 0.361 e. The predicted octanol–water partition coefficient (Wildman–Crippen LogP) is 2.37. The van der Waals surface area contributed by atoms with Crippen molar-refractivity contribution in [3.05, 3.63) is 36.0 Å². The number of fused-ring (bicyclic) bond motifs is 1. The van der Waals surface area contributed by atoms with Crippen LogP contribution in [0.4, 0.5) is 0 Å². The number of nitrogens with zero attached hydrogens (tertiary/aromatic N) is 2. The van der Waals surface area contributed by atoms with Crippen molar-refractivity contribution in [3.63, 3.8) is 0 Å². The van der Waals surface area contributed by atoms with Crippen molar-refractivity contribution < 1.29 is 13.2 Å². The highest BCUT2D eigenvalue weighted by Gasteiger charge is 2.21. The molecule has 6 nitrogen and oxygen atoms in total. The van der Waals surface area contributed by atoms with Crippen LogP contribution in [0.3, 0.4) is 0 Å². The maximum atomic E-state index is 12.3. The Labute approximate surface area is 155 Å². The van der Waals surface area contributed by atoms with Crippen molar-refractivity contribution in [2.24, 2.45) is 0 Å². The number of nitrogens with one attached hydrogen (secondary N) is 1. The number of sulfonamides is 1. The van der Waals surface area contributed by atoms with Crippen LogP contribution < -0.4 is 0 Å². The van der Waals surface area contributed by atoms with Gasteiger partial charge in [-0.15, -0.1) is 0 Å². The van der Waals surface area contributed by atoms with Crippen molar-refractivity contribution in [2.45, 2.75) is 32.1 Å². The SMILES string of the molecule is CS(=O)(=O)N(CCC(=O)N1CCCCC1)CCc1c[nH]c2ccccc12. The number of piperidine rings is 1. The molecule has 2 aromatic rings. The van der Waals surface area contributed by atoms with E-state index in [0.29, 0.717) is 13.0 Å². The Bertz CT molecular complexity index is 854. The minimum Gasteiger partial charge on any atom is -0.361 e. The number of carbonyl (C=O) groups is 1. The Balaban J connectivity index is 1.60. The third-order valence-corrected chi connectivity index (χ3v) is 6.36. The van der Waals surface area contributed by atoms with Gasteiger partial charge >= 0.3 is 0 Å². The van der Waals surface area contributed by atoms with Gasteiger partial charge in [0.05, 0.1) is 6.26 Å². The molecule has 1 aliphatic heterocycles. The van der Waals surface area contributed by atoms with Gasteiger partial charge in [-0.2, -0.15) is 0 Å². The highest BCUT2D eigenvalue weighted by atomic mass is 32.2. The Morgan fingerprint density at radius 3 is 2.62 bits per heavy atom. The zero-order valence-electron chi connectivity index (χ0n) is 15.3. The molecule has 1 aliphatic rings. The molecule has 0 atom stereocenters. The van der Waals surface area contributed by atoms with Crippen molar-refractivity contribution in [2.75, 3.05) is 32.4 Å². The van der Waals surface area contributed by atoms with Crippen molar-refractivity contribution in [1.82, 2.24) is 14.2 Å². The van der Waals surface area contributed by atoms with E-state index in [-0.39, 0.29) is 18.9 Å². The lowest BCUT2D eigenvalue weighted by molar-refractivity contribution is -0.132. The standard InChI is InChI=1S/C19H27N3O3S/c1-26(24,25)22(14-10-19(23)21-11-5-2-6-12-21)13-9-16-15-20-18-8-4-3-7-17(16)18/h3-4,7-8,15,20H,2,5-6,9-14H2,1H3. The number of benzene rings is 1. The fourth-order valence-electron chi connectivity index (χ4n) is 3.55. The summed E-state index contributed by atoms with van der Waals surface area (Å²) in [6, 6.07) is 7.99. The monoisotopic (exact) mass is 377 g/mol. The fraction of sp³-hybridized carbons (Fsp3) is 0.526. The first-order valence-corrected chi connectivity index (χ1v) is 11.1. The second-order valence-corrected chi connectivity index (χ2v) is 8.95. The summed E-state index contributed by atoms with van der Waals surface area (Å²) in [7, 11) is -3.35. The average Bonchev–Trinajstić information content (AvgIpc) is 3.04. The molecule has 0 spiro atoms. The number of aromatic nitrogens is 1. The van der Waals surface area contributed by atoms with E-state index in [4.69, 9.17) is 0 Å². The minimum atomic E-state index is -3.35. The second-order valence-electron chi connectivity index (χ2n) is 6.96. The molecule has 1 fully saturated rings. The van der Waals surface area contributed by atoms with Gasteiger partial charge < -0.3 is 9.88 Å². The van der Waals surface area contributed by atoms with Gasteiger partial charge in [-0.1, -0.05) is 18.2 Å². The molecule has 0 aliphatic carbocycles. The Morgan fingerprint density at radius 2 is 1.88 bits per heavy atom. The van der Waals surface area contributed by atoms with Crippen LogP contribution in [0.2, 0.25) is 0 Å². The Morgan fingerprint density at radius 1 is 1.15 bits per heavy atom. The van der Waals surface area contributed by atoms with Gasteiger partial charge in [-0.25, -0.2) is 12.7 Å². The minimum absolute atomic E-state index is 0.0606. The number of likely N-dealkylation sites (tertiary alicyclic amines) is 1. The zero-order chi connectivity index (χ0) is 18.6. The number of amides is 1. The Kier molecular flexibility index (Phi) is 5.98. The van der Waals surface area contributed by atoms with Crippen molar-refractivity contribution in [3.8, 4) is 0 Å². The van der Waals surface area contributed by atoms with Crippen LogP contribution in [-0.2, 0) is 21.2 Å². The highest BCUT2D eigenvalue weighted by Crippen LogP contribution is 2.19. The molecule has 0 radical (unpaired) electrons. The van der Waals surface area contributed by atoms with Gasteiger partial charge in [0, 0.05) is 49.7 Å². The fourth-order valence-corrected chi connectivity index (χ4v) is 4.39. The molecule has 142 valence electrons. The zero-order valence-corrected chi connectivity index (χ0v) is 16.1. The first-order chi connectivity index (χ1) is 12.4. The summed E-state index contributed by atoms with van der Waals surface area (Å²) >= 11 is 0. The maximum Gasteiger partial charge on any atom is 0.223 e. The van der Waals surface area contributed by atoms with Crippen molar-refractivity contribution >= 4 is 26.8 Å². The lowest BCUT2D eigenvalue weighted by atomic mass is 10.1. The molecule has 1 saturated heterocycles. The molecular weight excluding hydrogens is 350 g/mol. The number of hydrogen-bond donors (Lipinski definition) is 1. The number of aromatic amines is 1. The van der Waals surface area contributed by atoms with Gasteiger partial charge in [-0.05, 0) is 37.3 Å². The quantitative estimate of drug-likeness (QED) is 0.805. The summed E-state index contributed by atoms with van der Waals surface area (Å²) in [4.78, 5) is 17.4. The molecule has 2 heterocycles. The summed E-state index contributed by atoms with van der Waals surface area (Å²) in [5, 5.41) is 1.12. The van der Waals surface area contributed by atoms with E-state index in [1.54, 1.807) is 0 Å². The first kappa shape index (κ1) is 18.9. The molecule has 1 aromatic carbocycles. The van der Waals surface area contributed by atoms with Crippen LogP contribution >= 0.6 is 0 Å². The van der Waals surface area contributed by atoms with E-state index < -0.39 is 10.0 Å². The summed E-state index contributed by atoms with van der Waals surface area (Å²) in [6.45, 7) is 2.23. The van der Waals surface area contributed by atoms with Gasteiger partial charge in [0.25, 0.3) is 0 Å². The number of para-hydroxylation sites is 1. The lowest BCUT2D eigenvalue weighted by Crippen LogP contribution is -2.39. The van der Waals surface area contributed by atoms with Gasteiger partial charge in [-0.3, -0.25) is 4.79 Å². The molecule has 0 unspecified atom stereocenters. The predicted molar refractivity (Wildman–Crippen MR) is 103 cm³/mol. The number of hydrogen-bond acceptors (Lipinski definition) is 3. The van der Waals surface area contributed by atoms with Crippen LogP contribution in [0.1, 0.15) is 31.2 Å². The highest BCUT2D eigenvalue weighted by molar-refractivity contribution is 7.88. The van der Waals surface area contributed by atoms with Crippen LogP contribution in [0.25, 0.3) is 10.9 Å². The van der Waals surface area contributed by atoms with Crippen LogP contribution in [0, 0.1) is 0 Å². The van der Waals surface area contributed by atoms with E-state index >= 15 is 0 Å². The van der Waals surface area contributed by atoms with E-state index in [1.165, 1.54) is 17.0 Å². The lowest BCUT2D eigenvalue weighted by Gasteiger charge is -2.28. The van der Waals surface area contributed by atoms with Crippen LogP contribution in [-0.4, -0.2) is 60.9 Å². The smallest absolute Gasteiger partial charge is 0.223 e. The molecule has 3 rings (SSSR count). The third-order valence-electron chi connectivity index (χ3n) is 5.06. The van der Waals surface area contributed by atoms with E-state index in [9.17, 15) is 13.2 Å². The average molecular weight is 378 g/mol. The molecule has 0 saturated carbocycles. The van der Waals surface area contributed by atoms with E-state index in [2.05, 4.69) is 4.98 Å². The molecule has 1 N–H and O–H groups in total. The normalized spacial score (nSPS) is 15.7. The van der Waals surface area contributed by atoms with Gasteiger partial charge in [0.2, 0.25) is 15.9 Å². The van der Waals surface area contributed by atoms with Crippen LogP contribution in [0.5, 0.6) is 0 Å². The molecular formula is C19H27N3O3S. The number of rotatable bonds is 7. The van der Waals surface area contributed by atoms with Crippen molar-refractivity contribution in [1.29, 1.82) is 0 Å². The first-order valence-electron chi connectivity index (χ1n) is 9.23. The summed E-state index contributed by atoms with van der Waals surface area (Å²) in [5.41, 5.74) is 2.14. The third kappa shape index (κ3) is 4.65. The van der Waals surface area contributed by atoms with E-state index in [1.807, 2.05) is 35.4 Å². The molecule has 0 bridgehead atoms. The molecule has 1 amide bonds. The maximum absolute atomic E-state index is 12.3. The Hall–Kier alpha value is -1.86. The molecule has 26 heavy (non-hydrogen) atoms. The number of H-pyrrole nitrogens is 1. The summed E-state index contributed by atoms with van der Waals surface area (Å²) in [5.74, 6) is 0.0606. The summed E-state index contributed by atoms with van der Waals surface area (Å²) in [6.07, 6.45) is 7.28. The topological polar surface area (TPSA) is 73.5 Å².